The van der Waals surface area contributed by atoms with E-state index >= 15 is 0 Å². The molecule has 108 valence electrons. The highest BCUT2D eigenvalue weighted by Crippen LogP contribution is 2.43. The zero-order valence-corrected chi connectivity index (χ0v) is 13.1. The highest BCUT2D eigenvalue weighted by Gasteiger charge is 2.31. The molecule has 0 amide bonds. The lowest BCUT2D eigenvalue weighted by atomic mass is 10.0. The topological polar surface area (TPSA) is 41.1 Å². The molecule has 6 heteroatoms. The minimum absolute atomic E-state index is 0. The summed E-state index contributed by atoms with van der Waals surface area (Å²) < 4.78 is 0. The van der Waals surface area contributed by atoms with Crippen LogP contribution in [0.5, 0.6) is 0 Å². The van der Waals surface area contributed by atoms with E-state index in [2.05, 4.69) is 34.0 Å². The van der Waals surface area contributed by atoms with Crippen LogP contribution in [0.2, 0.25) is 0 Å². The molecule has 2 atom stereocenters. The fraction of sp³-hybridized carbons (Fsp3) is 0.692. The van der Waals surface area contributed by atoms with Gasteiger partial charge in [-0.3, -0.25) is 0 Å². The first-order valence-electron chi connectivity index (χ1n) is 6.58. The molecule has 0 spiro atoms. The van der Waals surface area contributed by atoms with Gasteiger partial charge in [0.05, 0.1) is 5.69 Å². The zero-order chi connectivity index (χ0) is 11.8. The van der Waals surface area contributed by atoms with Crippen LogP contribution in [0.3, 0.4) is 0 Å². The van der Waals surface area contributed by atoms with Gasteiger partial charge in [-0.05, 0) is 18.3 Å². The summed E-state index contributed by atoms with van der Waals surface area (Å²) >= 11 is 0. The van der Waals surface area contributed by atoms with E-state index in [-0.39, 0.29) is 24.8 Å². The molecule has 3 rings (SSSR count). The first kappa shape index (κ1) is 16.5. The Morgan fingerprint density at radius 1 is 1.11 bits per heavy atom. The second-order valence-corrected chi connectivity index (χ2v) is 5.27. The van der Waals surface area contributed by atoms with Crippen LogP contribution < -0.4 is 10.2 Å². The lowest BCUT2D eigenvalue weighted by molar-refractivity contribution is 0.580. The maximum atomic E-state index is 4.55. The van der Waals surface area contributed by atoms with E-state index < -0.39 is 0 Å². The summed E-state index contributed by atoms with van der Waals surface area (Å²) in [5.41, 5.74) is 2.68. The molecule has 4 nitrogen and oxygen atoms in total. The van der Waals surface area contributed by atoms with Crippen molar-refractivity contribution in [1.29, 1.82) is 0 Å². The fourth-order valence-corrected chi connectivity index (χ4v) is 3.15. The number of piperazine rings is 1. The van der Waals surface area contributed by atoms with Crippen molar-refractivity contribution in [3.63, 3.8) is 0 Å². The van der Waals surface area contributed by atoms with E-state index in [1.807, 2.05) is 0 Å². The average Bonchev–Trinajstić information content (AvgIpc) is 2.66. The number of hydrogen-bond donors (Lipinski definition) is 1. The summed E-state index contributed by atoms with van der Waals surface area (Å²) in [5, 5.41) is 3.39. The average molecular weight is 305 g/mol. The Kier molecular flexibility index (Phi) is 5.83. The molecule has 0 aromatic carbocycles. The van der Waals surface area contributed by atoms with Crippen LogP contribution in [0.25, 0.3) is 0 Å². The molecule has 0 saturated carbocycles. The Morgan fingerprint density at radius 3 is 2.47 bits per heavy atom. The van der Waals surface area contributed by atoms with Gasteiger partial charge in [0.15, 0.2) is 0 Å². The smallest absolute Gasteiger partial charge is 0.135 e. The normalized spacial score (nSPS) is 25.3. The Labute approximate surface area is 127 Å². The van der Waals surface area contributed by atoms with Gasteiger partial charge in [-0.1, -0.05) is 13.8 Å². The van der Waals surface area contributed by atoms with Crippen LogP contribution in [0.1, 0.15) is 43.4 Å². The number of halogens is 2. The summed E-state index contributed by atoms with van der Waals surface area (Å²) in [6, 6.07) is 0. The highest BCUT2D eigenvalue weighted by molar-refractivity contribution is 5.85. The molecule has 1 saturated heterocycles. The second kappa shape index (κ2) is 6.73. The molecular formula is C13H22Cl2N4. The minimum atomic E-state index is 0. The SMILES string of the molecule is C[C@@H]1C[C@@H](C)c2c1ncnc2N1CCNCC1.Cl.Cl. The summed E-state index contributed by atoms with van der Waals surface area (Å²) in [4.78, 5) is 11.4. The maximum absolute atomic E-state index is 4.55. The molecule has 1 aliphatic heterocycles. The number of anilines is 1. The van der Waals surface area contributed by atoms with Crippen molar-refractivity contribution in [2.45, 2.75) is 32.1 Å². The van der Waals surface area contributed by atoms with Crippen molar-refractivity contribution in [1.82, 2.24) is 15.3 Å². The number of nitrogens with zero attached hydrogens (tertiary/aromatic N) is 3. The van der Waals surface area contributed by atoms with Crippen molar-refractivity contribution in [3.8, 4) is 0 Å². The molecule has 1 fully saturated rings. The molecule has 0 unspecified atom stereocenters. The van der Waals surface area contributed by atoms with Crippen molar-refractivity contribution < 1.29 is 0 Å². The third-order valence-electron chi connectivity index (χ3n) is 3.98. The van der Waals surface area contributed by atoms with Gasteiger partial charge in [-0.25, -0.2) is 9.97 Å². The van der Waals surface area contributed by atoms with Crippen LogP contribution in [-0.2, 0) is 0 Å². The fourth-order valence-electron chi connectivity index (χ4n) is 3.15. The van der Waals surface area contributed by atoms with Crippen LogP contribution in [-0.4, -0.2) is 36.1 Å². The van der Waals surface area contributed by atoms with E-state index in [4.69, 9.17) is 0 Å². The van der Waals surface area contributed by atoms with Crippen molar-refractivity contribution in [2.75, 3.05) is 31.1 Å². The van der Waals surface area contributed by atoms with Crippen molar-refractivity contribution in [3.05, 3.63) is 17.6 Å². The molecule has 0 radical (unpaired) electrons. The Hall–Kier alpha value is -0.580. The number of hydrogen-bond acceptors (Lipinski definition) is 4. The zero-order valence-electron chi connectivity index (χ0n) is 11.4. The van der Waals surface area contributed by atoms with Gasteiger partial charge in [0.1, 0.15) is 12.1 Å². The first-order chi connectivity index (χ1) is 8.27. The molecule has 19 heavy (non-hydrogen) atoms. The lowest BCUT2D eigenvalue weighted by Gasteiger charge is -2.30. The second-order valence-electron chi connectivity index (χ2n) is 5.27. The molecule has 1 aromatic rings. The van der Waals surface area contributed by atoms with Crippen LogP contribution in [0.15, 0.2) is 6.33 Å². The number of aromatic nitrogens is 2. The van der Waals surface area contributed by atoms with E-state index in [1.54, 1.807) is 6.33 Å². The van der Waals surface area contributed by atoms with Crippen LogP contribution in [0.4, 0.5) is 5.82 Å². The van der Waals surface area contributed by atoms with Gasteiger partial charge in [-0.15, -0.1) is 24.8 Å². The van der Waals surface area contributed by atoms with E-state index in [0.717, 1.165) is 26.2 Å². The molecule has 0 bridgehead atoms. The van der Waals surface area contributed by atoms with Crippen molar-refractivity contribution >= 4 is 30.6 Å². The monoisotopic (exact) mass is 304 g/mol. The third kappa shape index (κ3) is 2.96. The third-order valence-corrected chi connectivity index (χ3v) is 3.98. The number of nitrogens with one attached hydrogen (secondary N) is 1. The van der Waals surface area contributed by atoms with E-state index in [0.29, 0.717) is 11.8 Å². The van der Waals surface area contributed by atoms with Crippen LogP contribution in [0, 0.1) is 0 Å². The van der Waals surface area contributed by atoms with Gasteiger partial charge in [0.25, 0.3) is 0 Å². The molecular weight excluding hydrogens is 283 g/mol. The summed E-state index contributed by atoms with van der Waals surface area (Å²) in [6.07, 6.45) is 2.96. The minimum Gasteiger partial charge on any atom is -0.354 e. The predicted octanol–water partition coefficient (Wildman–Crippen LogP) is 2.34. The molecule has 2 aliphatic rings. The van der Waals surface area contributed by atoms with Gasteiger partial charge in [0.2, 0.25) is 0 Å². The van der Waals surface area contributed by atoms with Gasteiger partial charge >= 0.3 is 0 Å². The summed E-state index contributed by atoms with van der Waals surface area (Å²) in [7, 11) is 0. The standard InChI is InChI=1S/C13H20N4.2ClH/c1-9-7-10(2)12-11(9)13(16-8-15-12)17-5-3-14-4-6-17;;/h8-10,14H,3-7H2,1-2H3;2*1H/t9-,10-;;/m1../s1. The number of fused-ring (bicyclic) bond motifs is 1. The van der Waals surface area contributed by atoms with Gasteiger partial charge in [-0.2, -0.15) is 0 Å². The maximum Gasteiger partial charge on any atom is 0.135 e. The Bertz CT molecular complexity index is 421. The van der Waals surface area contributed by atoms with Gasteiger partial charge < -0.3 is 10.2 Å². The van der Waals surface area contributed by atoms with E-state index in [9.17, 15) is 0 Å². The molecule has 1 aliphatic carbocycles. The Morgan fingerprint density at radius 2 is 1.79 bits per heavy atom. The first-order valence-corrected chi connectivity index (χ1v) is 6.58. The quantitative estimate of drug-likeness (QED) is 0.864. The predicted molar refractivity (Wildman–Crippen MR) is 83.1 cm³/mol. The Balaban J connectivity index is 0.000000902. The van der Waals surface area contributed by atoms with E-state index in [1.165, 1.54) is 23.5 Å². The van der Waals surface area contributed by atoms with Gasteiger partial charge in [0, 0.05) is 31.7 Å². The largest absolute Gasteiger partial charge is 0.354 e. The molecule has 2 heterocycles. The molecule has 1 N–H and O–H groups in total. The summed E-state index contributed by atoms with van der Waals surface area (Å²) in [5.74, 6) is 2.38. The number of rotatable bonds is 1. The van der Waals surface area contributed by atoms with Crippen molar-refractivity contribution in [2.24, 2.45) is 0 Å². The summed E-state index contributed by atoms with van der Waals surface area (Å²) in [6.45, 7) is 8.81. The highest BCUT2D eigenvalue weighted by atomic mass is 35.5. The van der Waals surface area contributed by atoms with Crippen LogP contribution >= 0.6 is 24.8 Å². The lowest BCUT2D eigenvalue weighted by Crippen LogP contribution is -2.44. The molecule has 1 aromatic heterocycles.